The number of aromatic nitrogens is 2. The molecule has 100 valence electrons. The number of nitrogens with zero attached hydrogens (tertiary/aromatic N) is 3. The highest BCUT2D eigenvalue weighted by Crippen LogP contribution is 2.27. The van der Waals surface area contributed by atoms with Gasteiger partial charge in [-0.1, -0.05) is 30.3 Å². The predicted molar refractivity (Wildman–Crippen MR) is 76.2 cm³/mol. The number of anilines is 2. The minimum absolute atomic E-state index is 0.437. The van der Waals surface area contributed by atoms with Gasteiger partial charge < -0.3 is 15.4 Å². The third-order valence-corrected chi connectivity index (χ3v) is 2.73. The molecule has 0 bridgehead atoms. The quantitative estimate of drug-likeness (QED) is 0.889. The molecule has 0 aliphatic carbocycles. The van der Waals surface area contributed by atoms with Crippen molar-refractivity contribution in [1.82, 2.24) is 9.97 Å². The first-order valence-electron chi connectivity index (χ1n) is 6.20. The number of ether oxygens (including phenoxy) is 1. The van der Waals surface area contributed by atoms with Crippen LogP contribution < -0.4 is 15.4 Å². The van der Waals surface area contributed by atoms with Crippen LogP contribution in [0.15, 0.2) is 36.7 Å². The Kier molecular flexibility index (Phi) is 4.18. The first-order chi connectivity index (χ1) is 9.22. The second-order valence-corrected chi connectivity index (χ2v) is 4.19. The standard InChI is InChI=1S/C14H18N4O/c1-3-19-14-12(15)13(16-10-17-14)18(2)9-11-7-5-4-6-8-11/h4-8,10H,3,9,15H2,1-2H3. The lowest BCUT2D eigenvalue weighted by molar-refractivity contribution is 0.328. The predicted octanol–water partition coefficient (Wildman–Crippen LogP) is 2.09. The van der Waals surface area contributed by atoms with Crippen molar-refractivity contribution >= 4 is 11.5 Å². The molecule has 2 N–H and O–H groups in total. The van der Waals surface area contributed by atoms with Gasteiger partial charge >= 0.3 is 0 Å². The number of nitrogens with two attached hydrogens (primary N) is 1. The first kappa shape index (κ1) is 13.1. The number of hydrogen-bond donors (Lipinski definition) is 1. The summed E-state index contributed by atoms with van der Waals surface area (Å²) in [5.41, 5.74) is 7.70. The molecular weight excluding hydrogens is 240 g/mol. The van der Waals surface area contributed by atoms with Crippen molar-refractivity contribution in [2.75, 3.05) is 24.3 Å². The van der Waals surface area contributed by atoms with E-state index in [1.807, 2.05) is 37.1 Å². The number of nitrogen functional groups attached to an aromatic ring is 1. The molecule has 19 heavy (non-hydrogen) atoms. The maximum absolute atomic E-state index is 6.03. The Hall–Kier alpha value is -2.30. The first-order valence-corrected chi connectivity index (χ1v) is 6.20. The van der Waals surface area contributed by atoms with Crippen LogP contribution in [-0.4, -0.2) is 23.6 Å². The third-order valence-electron chi connectivity index (χ3n) is 2.73. The van der Waals surface area contributed by atoms with E-state index in [1.165, 1.54) is 11.9 Å². The molecule has 1 aromatic heterocycles. The van der Waals surface area contributed by atoms with Gasteiger partial charge in [0.15, 0.2) is 5.82 Å². The molecule has 5 heteroatoms. The van der Waals surface area contributed by atoms with Crippen LogP contribution in [-0.2, 0) is 6.54 Å². The highest BCUT2D eigenvalue weighted by Gasteiger charge is 2.12. The van der Waals surface area contributed by atoms with Crippen molar-refractivity contribution in [3.8, 4) is 5.88 Å². The largest absolute Gasteiger partial charge is 0.476 e. The number of rotatable bonds is 5. The molecule has 0 aliphatic heterocycles. The summed E-state index contributed by atoms with van der Waals surface area (Å²) in [5, 5.41) is 0. The topological polar surface area (TPSA) is 64.3 Å². The van der Waals surface area contributed by atoms with Crippen molar-refractivity contribution in [2.24, 2.45) is 0 Å². The Morgan fingerprint density at radius 1 is 1.21 bits per heavy atom. The van der Waals surface area contributed by atoms with Crippen LogP contribution in [0.4, 0.5) is 11.5 Å². The molecule has 0 amide bonds. The minimum Gasteiger partial charge on any atom is -0.476 e. The van der Waals surface area contributed by atoms with E-state index >= 15 is 0 Å². The summed E-state index contributed by atoms with van der Waals surface area (Å²) in [6.07, 6.45) is 1.47. The van der Waals surface area contributed by atoms with Crippen LogP contribution in [0.3, 0.4) is 0 Å². The second kappa shape index (κ2) is 6.04. The van der Waals surface area contributed by atoms with E-state index in [4.69, 9.17) is 10.5 Å². The van der Waals surface area contributed by atoms with Crippen LogP contribution in [0.1, 0.15) is 12.5 Å². The van der Waals surface area contributed by atoms with Crippen molar-refractivity contribution in [2.45, 2.75) is 13.5 Å². The van der Waals surface area contributed by atoms with Crippen molar-refractivity contribution in [3.05, 3.63) is 42.2 Å². The molecule has 0 aliphatic rings. The average Bonchev–Trinajstić information content (AvgIpc) is 2.42. The second-order valence-electron chi connectivity index (χ2n) is 4.19. The number of benzene rings is 1. The summed E-state index contributed by atoms with van der Waals surface area (Å²) < 4.78 is 5.37. The van der Waals surface area contributed by atoms with Gasteiger partial charge in [0.1, 0.15) is 12.0 Å². The van der Waals surface area contributed by atoms with Gasteiger partial charge in [0, 0.05) is 13.6 Å². The van der Waals surface area contributed by atoms with Gasteiger partial charge in [-0.05, 0) is 12.5 Å². The van der Waals surface area contributed by atoms with E-state index in [9.17, 15) is 0 Å². The summed E-state index contributed by atoms with van der Waals surface area (Å²) >= 11 is 0. The van der Waals surface area contributed by atoms with Crippen LogP contribution in [0.25, 0.3) is 0 Å². The van der Waals surface area contributed by atoms with Crippen LogP contribution in [0.5, 0.6) is 5.88 Å². The van der Waals surface area contributed by atoms with E-state index in [1.54, 1.807) is 0 Å². The van der Waals surface area contributed by atoms with Gasteiger partial charge in [-0.3, -0.25) is 0 Å². The summed E-state index contributed by atoms with van der Waals surface area (Å²) in [7, 11) is 1.95. The summed E-state index contributed by atoms with van der Waals surface area (Å²) in [6, 6.07) is 10.2. The number of hydrogen-bond acceptors (Lipinski definition) is 5. The minimum atomic E-state index is 0.437. The van der Waals surface area contributed by atoms with Crippen LogP contribution in [0, 0.1) is 0 Å². The Bertz CT molecular complexity index is 530. The molecule has 0 spiro atoms. The molecule has 1 heterocycles. The molecular formula is C14H18N4O. The molecule has 0 radical (unpaired) electrons. The molecule has 0 atom stereocenters. The summed E-state index contributed by atoms with van der Waals surface area (Å²) in [5.74, 6) is 1.12. The van der Waals surface area contributed by atoms with Gasteiger partial charge in [0.25, 0.3) is 0 Å². The van der Waals surface area contributed by atoms with E-state index in [-0.39, 0.29) is 0 Å². The van der Waals surface area contributed by atoms with Gasteiger partial charge in [-0.25, -0.2) is 4.98 Å². The zero-order valence-electron chi connectivity index (χ0n) is 11.2. The Labute approximate surface area is 113 Å². The fourth-order valence-corrected chi connectivity index (χ4v) is 1.86. The van der Waals surface area contributed by atoms with Gasteiger partial charge in [0.2, 0.25) is 5.88 Å². The van der Waals surface area contributed by atoms with E-state index in [0.29, 0.717) is 24.0 Å². The molecule has 2 aromatic rings. The lowest BCUT2D eigenvalue weighted by Crippen LogP contribution is -2.20. The average molecular weight is 258 g/mol. The summed E-state index contributed by atoms with van der Waals surface area (Å²) in [6.45, 7) is 3.16. The van der Waals surface area contributed by atoms with Gasteiger partial charge in [-0.15, -0.1) is 0 Å². The van der Waals surface area contributed by atoms with Crippen molar-refractivity contribution in [1.29, 1.82) is 0 Å². The maximum Gasteiger partial charge on any atom is 0.242 e. The zero-order chi connectivity index (χ0) is 13.7. The molecule has 5 nitrogen and oxygen atoms in total. The molecule has 2 rings (SSSR count). The Balaban J connectivity index is 2.19. The van der Waals surface area contributed by atoms with Crippen molar-refractivity contribution < 1.29 is 4.74 Å². The molecule has 1 aromatic carbocycles. The zero-order valence-corrected chi connectivity index (χ0v) is 11.2. The molecule has 0 saturated carbocycles. The summed E-state index contributed by atoms with van der Waals surface area (Å²) in [4.78, 5) is 10.2. The highest BCUT2D eigenvalue weighted by atomic mass is 16.5. The lowest BCUT2D eigenvalue weighted by Gasteiger charge is -2.20. The fourth-order valence-electron chi connectivity index (χ4n) is 1.86. The van der Waals surface area contributed by atoms with E-state index in [0.717, 1.165) is 6.54 Å². The maximum atomic E-state index is 6.03. The third kappa shape index (κ3) is 3.13. The van der Waals surface area contributed by atoms with E-state index in [2.05, 4.69) is 22.1 Å². The van der Waals surface area contributed by atoms with Gasteiger partial charge in [-0.2, -0.15) is 4.98 Å². The van der Waals surface area contributed by atoms with Crippen LogP contribution in [0.2, 0.25) is 0 Å². The monoisotopic (exact) mass is 258 g/mol. The molecule has 0 fully saturated rings. The highest BCUT2D eigenvalue weighted by molar-refractivity contribution is 5.67. The van der Waals surface area contributed by atoms with Gasteiger partial charge in [0.05, 0.1) is 6.61 Å². The fraction of sp³-hybridized carbons (Fsp3) is 0.286. The van der Waals surface area contributed by atoms with E-state index < -0.39 is 0 Å². The van der Waals surface area contributed by atoms with Crippen LogP contribution >= 0.6 is 0 Å². The van der Waals surface area contributed by atoms with Crippen molar-refractivity contribution in [3.63, 3.8) is 0 Å². The molecule has 0 unspecified atom stereocenters. The Morgan fingerprint density at radius 3 is 2.63 bits per heavy atom. The SMILES string of the molecule is CCOc1ncnc(N(C)Cc2ccccc2)c1N. The normalized spacial score (nSPS) is 10.2. The molecule has 0 saturated heterocycles. The lowest BCUT2D eigenvalue weighted by atomic mass is 10.2. The smallest absolute Gasteiger partial charge is 0.242 e. The Morgan fingerprint density at radius 2 is 1.95 bits per heavy atom.